The molecular weight excluding hydrogens is 485 g/mol. The molecule has 200 valence electrons. The number of ketones is 1. The molecule has 4 rings (SSSR count). The smallest absolute Gasteiger partial charge is 0.309 e. The molecule has 2 unspecified atom stereocenters. The van der Waals surface area contributed by atoms with Crippen molar-refractivity contribution >= 4 is 29.2 Å². The van der Waals surface area contributed by atoms with Crippen molar-refractivity contribution in [2.45, 2.75) is 109 Å². The number of aromatic nitrogens is 1. The van der Waals surface area contributed by atoms with Gasteiger partial charge < -0.3 is 19.7 Å². The minimum atomic E-state index is -1.25. The number of fused-ring (bicyclic) bond motifs is 1. The number of aliphatic hydroxyl groups is 2. The molecule has 9 heteroatoms. The fourth-order valence-corrected chi connectivity index (χ4v) is 6.38. The fourth-order valence-electron chi connectivity index (χ4n) is 5.81. The van der Waals surface area contributed by atoms with Gasteiger partial charge in [-0.3, -0.25) is 9.59 Å². The second-order valence-electron chi connectivity index (χ2n) is 11.2. The van der Waals surface area contributed by atoms with Gasteiger partial charge >= 0.3 is 5.97 Å². The predicted molar refractivity (Wildman–Crippen MR) is 134 cm³/mol. The third kappa shape index (κ3) is 5.59. The number of esters is 1. The van der Waals surface area contributed by atoms with Crippen molar-refractivity contribution in [1.82, 2.24) is 4.98 Å². The van der Waals surface area contributed by atoms with E-state index in [2.05, 4.69) is 4.98 Å². The molecule has 1 spiro atoms. The van der Waals surface area contributed by atoms with Crippen LogP contribution in [0.3, 0.4) is 0 Å². The number of carbonyl (C=O) groups excluding carboxylic acids is 2. The Morgan fingerprint density at radius 1 is 1.22 bits per heavy atom. The number of thiazole rings is 1. The van der Waals surface area contributed by atoms with Gasteiger partial charge in [0.05, 0.1) is 46.5 Å². The monoisotopic (exact) mass is 523 g/mol. The largest absolute Gasteiger partial charge is 0.455 e. The van der Waals surface area contributed by atoms with Crippen LogP contribution in [0.15, 0.2) is 11.2 Å². The van der Waals surface area contributed by atoms with E-state index in [4.69, 9.17) is 9.47 Å². The third-order valence-corrected chi connectivity index (χ3v) is 9.33. The van der Waals surface area contributed by atoms with E-state index < -0.39 is 53.5 Å². The maximum atomic E-state index is 15.3. The van der Waals surface area contributed by atoms with E-state index in [-0.39, 0.29) is 24.2 Å². The zero-order chi connectivity index (χ0) is 26.3. The number of cyclic esters (lactones) is 1. The fraction of sp³-hybridized carbons (Fsp3) is 0.741. The molecule has 3 fully saturated rings. The number of hydrogen-bond acceptors (Lipinski definition) is 8. The first kappa shape index (κ1) is 27.4. The summed E-state index contributed by atoms with van der Waals surface area (Å²) in [6.45, 7) is 7.43. The van der Waals surface area contributed by atoms with Gasteiger partial charge in [-0.1, -0.05) is 26.7 Å². The van der Waals surface area contributed by atoms with Crippen molar-refractivity contribution < 1.29 is 33.7 Å². The molecule has 1 aliphatic carbocycles. The summed E-state index contributed by atoms with van der Waals surface area (Å²) in [5.74, 6) is -2.36. The molecule has 0 aromatic carbocycles. The lowest BCUT2D eigenvalue weighted by molar-refractivity contribution is -0.162. The van der Waals surface area contributed by atoms with Crippen LogP contribution in [0.2, 0.25) is 0 Å². The van der Waals surface area contributed by atoms with Crippen LogP contribution >= 0.6 is 11.3 Å². The molecule has 2 N–H and O–H groups in total. The summed E-state index contributed by atoms with van der Waals surface area (Å²) in [5, 5.41) is 24.5. The van der Waals surface area contributed by atoms with Gasteiger partial charge in [0.25, 0.3) is 0 Å². The molecule has 3 heterocycles. The van der Waals surface area contributed by atoms with Gasteiger partial charge in [0, 0.05) is 17.7 Å². The highest BCUT2D eigenvalue weighted by Crippen LogP contribution is 2.49. The number of hydrogen-bond donors (Lipinski definition) is 2. The van der Waals surface area contributed by atoms with Gasteiger partial charge in [-0.05, 0) is 51.5 Å². The molecule has 2 aliphatic heterocycles. The first-order valence-electron chi connectivity index (χ1n) is 13.0. The van der Waals surface area contributed by atoms with Crippen molar-refractivity contribution in [2.24, 2.45) is 17.3 Å². The Bertz CT molecular complexity index is 1010. The lowest BCUT2D eigenvalue weighted by atomic mass is 9.58. The maximum Gasteiger partial charge on any atom is 0.309 e. The zero-order valence-electron chi connectivity index (χ0n) is 21.5. The van der Waals surface area contributed by atoms with E-state index in [1.807, 2.05) is 20.8 Å². The summed E-state index contributed by atoms with van der Waals surface area (Å²) < 4.78 is 26.8. The molecule has 1 saturated carbocycles. The Morgan fingerprint density at radius 2 is 1.94 bits per heavy atom. The van der Waals surface area contributed by atoms with Crippen LogP contribution in [-0.4, -0.2) is 57.0 Å². The average molecular weight is 524 g/mol. The van der Waals surface area contributed by atoms with Crippen molar-refractivity contribution in [3.8, 4) is 0 Å². The number of epoxide rings is 1. The van der Waals surface area contributed by atoms with Gasteiger partial charge in [-0.15, -0.1) is 11.3 Å². The highest BCUT2D eigenvalue weighted by atomic mass is 32.1. The van der Waals surface area contributed by atoms with E-state index in [1.165, 1.54) is 17.4 Å². The Kier molecular flexibility index (Phi) is 8.05. The Morgan fingerprint density at radius 3 is 2.56 bits per heavy atom. The topological polar surface area (TPSA) is 109 Å². The minimum absolute atomic E-state index is 0.105. The van der Waals surface area contributed by atoms with Crippen LogP contribution in [0.5, 0.6) is 0 Å². The van der Waals surface area contributed by atoms with Gasteiger partial charge in [-0.25, -0.2) is 9.37 Å². The van der Waals surface area contributed by atoms with Gasteiger partial charge in [-0.2, -0.15) is 0 Å². The summed E-state index contributed by atoms with van der Waals surface area (Å²) in [5.41, 5.74) is -1.07. The standard InChI is InChI=1S/C27H38FNO6S/c1-15-7-5-8-26(4)22(35-26)12-20(19(28)11-18-14-36-17(3)29-18)34-23(31)13-21(30)27(9-6-10-27)25(33)16(2)24(15)32/h11,14-16,20-22,24,30,32H,5-10,12-13H2,1-4H3/b19-11-/t15-,16-,20+,21-,22?,24+,26?/m1/s1. The van der Waals surface area contributed by atoms with Crippen LogP contribution < -0.4 is 0 Å². The first-order chi connectivity index (χ1) is 16.9. The summed E-state index contributed by atoms with van der Waals surface area (Å²) in [7, 11) is 0. The lowest BCUT2D eigenvalue weighted by Gasteiger charge is -2.46. The Balaban J connectivity index is 1.58. The number of Topliss-reactive ketones (excluding diaryl/α,β-unsaturated/α-hetero) is 1. The lowest BCUT2D eigenvalue weighted by Crippen LogP contribution is -2.53. The number of carbonyl (C=O) groups is 2. The minimum Gasteiger partial charge on any atom is -0.455 e. The zero-order valence-corrected chi connectivity index (χ0v) is 22.4. The second-order valence-corrected chi connectivity index (χ2v) is 12.3. The quantitative estimate of drug-likeness (QED) is 0.433. The molecule has 3 aliphatic rings. The Hall–Kier alpha value is -1.68. The predicted octanol–water partition coefficient (Wildman–Crippen LogP) is 4.53. The van der Waals surface area contributed by atoms with Crippen molar-refractivity contribution in [3.05, 3.63) is 21.9 Å². The van der Waals surface area contributed by atoms with Gasteiger partial charge in [0.15, 0.2) is 6.10 Å². The molecule has 1 aromatic rings. The summed E-state index contributed by atoms with van der Waals surface area (Å²) in [4.78, 5) is 30.6. The molecule has 36 heavy (non-hydrogen) atoms. The van der Waals surface area contributed by atoms with E-state index in [0.717, 1.165) is 30.7 Å². The number of aryl methyl sites for hydroxylation is 1. The second kappa shape index (κ2) is 10.6. The Labute approximate surface area is 216 Å². The first-order valence-corrected chi connectivity index (χ1v) is 13.9. The van der Waals surface area contributed by atoms with Crippen LogP contribution in [0.25, 0.3) is 6.08 Å². The number of nitrogens with zero attached hydrogens (tertiary/aromatic N) is 1. The summed E-state index contributed by atoms with van der Waals surface area (Å²) >= 11 is 1.40. The maximum absolute atomic E-state index is 15.3. The number of halogens is 1. The molecule has 0 radical (unpaired) electrons. The van der Waals surface area contributed by atoms with E-state index in [9.17, 15) is 19.8 Å². The van der Waals surface area contributed by atoms with E-state index >= 15 is 4.39 Å². The molecule has 0 amide bonds. The molecule has 2 saturated heterocycles. The molecular formula is C27H38FNO6S. The summed E-state index contributed by atoms with van der Waals surface area (Å²) in [6, 6.07) is 0. The van der Waals surface area contributed by atoms with Crippen LogP contribution in [-0.2, 0) is 19.1 Å². The molecule has 1 aromatic heterocycles. The number of aliphatic hydroxyl groups excluding tert-OH is 2. The number of ether oxygens (including phenoxy) is 2. The van der Waals surface area contributed by atoms with Crippen molar-refractivity contribution in [1.29, 1.82) is 0 Å². The number of rotatable bonds is 2. The average Bonchev–Trinajstić information content (AvgIpc) is 3.22. The van der Waals surface area contributed by atoms with Crippen LogP contribution in [0, 0.1) is 24.2 Å². The third-order valence-electron chi connectivity index (χ3n) is 8.54. The molecule has 7 atom stereocenters. The van der Waals surface area contributed by atoms with Crippen molar-refractivity contribution in [3.63, 3.8) is 0 Å². The van der Waals surface area contributed by atoms with Gasteiger partial charge in [0.1, 0.15) is 11.6 Å². The van der Waals surface area contributed by atoms with Gasteiger partial charge in [0.2, 0.25) is 0 Å². The summed E-state index contributed by atoms with van der Waals surface area (Å²) in [6.07, 6.45) is 1.40. The van der Waals surface area contributed by atoms with Crippen molar-refractivity contribution in [2.75, 3.05) is 0 Å². The van der Waals surface area contributed by atoms with E-state index in [1.54, 1.807) is 12.3 Å². The SMILES string of the molecule is Cc1nc(/C=C(\F)[C@@H]2CC3OC3(C)CCC[C@@H](C)[C@H](O)[C@@H](C)C(=O)C3(CCC3)[C@H](O)CC(=O)O2)cs1. The highest BCUT2D eigenvalue weighted by molar-refractivity contribution is 7.09. The molecule has 0 bridgehead atoms. The normalized spacial score (nSPS) is 38.2. The van der Waals surface area contributed by atoms with Crippen LogP contribution in [0.4, 0.5) is 4.39 Å². The van der Waals surface area contributed by atoms with E-state index in [0.29, 0.717) is 18.5 Å². The van der Waals surface area contributed by atoms with Crippen LogP contribution in [0.1, 0.15) is 82.8 Å². The highest BCUT2D eigenvalue weighted by Gasteiger charge is 2.55. The molecule has 7 nitrogen and oxygen atoms in total.